The molecule has 0 aliphatic carbocycles. The van der Waals surface area contributed by atoms with Crippen LogP contribution in [0.1, 0.15) is 29.7 Å². The number of oxazole rings is 1. The molecular weight excluding hydrogens is 390 g/mol. The first-order valence-corrected chi connectivity index (χ1v) is 9.72. The van der Waals surface area contributed by atoms with Crippen molar-refractivity contribution in [2.75, 3.05) is 0 Å². The van der Waals surface area contributed by atoms with Crippen LogP contribution in [0.25, 0.3) is 28.3 Å². The molecule has 4 aromatic rings. The molecule has 0 atom stereocenters. The third-order valence-electron chi connectivity index (χ3n) is 4.97. The van der Waals surface area contributed by atoms with Crippen molar-refractivity contribution in [3.8, 4) is 17.3 Å². The van der Waals surface area contributed by atoms with Crippen LogP contribution >= 0.6 is 11.6 Å². The van der Waals surface area contributed by atoms with Gasteiger partial charge in [-0.2, -0.15) is 4.98 Å². The van der Waals surface area contributed by atoms with E-state index in [1.807, 2.05) is 22.8 Å². The minimum Gasteiger partial charge on any atom is -0.481 e. The van der Waals surface area contributed by atoms with E-state index in [0.29, 0.717) is 35.3 Å². The number of hydrogen-bond donors (Lipinski definition) is 1. The predicted octanol–water partition coefficient (Wildman–Crippen LogP) is 5.36. The number of rotatable bonds is 6. The summed E-state index contributed by atoms with van der Waals surface area (Å²) >= 11 is 6.02. The zero-order valence-corrected chi connectivity index (χ0v) is 16.9. The van der Waals surface area contributed by atoms with Crippen molar-refractivity contribution in [1.29, 1.82) is 0 Å². The first-order chi connectivity index (χ1) is 13.9. The van der Waals surface area contributed by atoms with Crippen LogP contribution in [0, 0.1) is 13.8 Å². The van der Waals surface area contributed by atoms with Crippen LogP contribution in [0.4, 0.5) is 0 Å². The minimum atomic E-state index is -0.829. The minimum absolute atomic E-state index is 0.0720. The van der Waals surface area contributed by atoms with Crippen molar-refractivity contribution < 1.29 is 14.3 Å². The average molecular weight is 410 g/mol. The van der Waals surface area contributed by atoms with Gasteiger partial charge >= 0.3 is 12.0 Å². The van der Waals surface area contributed by atoms with Gasteiger partial charge in [-0.05, 0) is 55.7 Å². The van der Waals surface area contributed by atoms with Gasteiger partial charge in [0.05, 0.1) is 11.0 Å². The number of fused-ring (bicyclic) bond motifs is 1. The summed E-state index contributed by atoms with van der Waals surface area (Å²) in [7, 11) is 0. The maximum atomic E-state index is 10.9. The van der Waals surface area contributed by atoms with Crippen LogP contribution < -0.4 is 0 Å². The number of aromatic nitrogens is 3. The monoisotopic (exact) mass is 409 g/mol. The molecule has 0 spiro atoms. The van der Waals surface area contributed by atoms with Gasteiger partial charge in [-0.3, -0.25) is 9.36 Å². The number of carboxylic acid groups (broad SMARTS) is 1. The van der Waals surface area contributed by atoms with Crippen LogP contribution in [0.15, 0.2) is 47.1 Å². The Morgan fingerprint density at radius 2 is 1.90 bits per heavy atom. The Morgan fingerprint density at radius 1 is 1.17 bits per heavy atom. The number of hydrogen-bond acceptors (Lipinski definition) is 4. The maximum absolute atomic E-state index is 10.9. The number of aryl methyl sites for hydroxylation is 3. The molecule has 0 amide bonds. The number of halogens is 1. The van der Waals surface area contributed by atoms with Crippen LogP contribution in [-0.2, 0) is 11.2 Å². The standard InChI is InChI=1S/C22H20ClN3O3/c1-13-10-17-18(11-14(13)2)26(12-24-17)22-25-21(15-6-8-16(23)9-7-15)19(29-22)4-3-5-20(27)28/h6-12H,3-5H2,1-2H3,(H,27,28). The lowest BCUT2D eigenvalue weighted by Crippen LogP contribution is -1.96. The van der Waals surface area contributed by atoms with Gasteiger partial charge in [0, 0.05) is 23.4 Å². The Morgan fingerprint density at radius 3 is 2.62 bits per heavy atom. The zero-order chi connectivity index (χ0) is 20.5. The van der Waals surface area contributed by atoms with Crippen LogP contribution in [0.5, 0.6) is 0 Å². The summed E-state index contributed by atoms with van der Waals surface area (Å²) in [6, 6.07) is 11.9. The van der Waals surface area contributed by atoms with Gasteiger partial charge in [0.15, 0.2) is 0 Å². The first-order valence-electron chi connectivity index (χ1n) is 9.34. The average Bonchev–Trinajstić information content (AvgIpc) is 3.27. The summed E-state index contributed by atoms with van der Waals surface area (Å²) in [5.74, 6) is -0.182. The molecule has 0 saturated heterocycles. The molecule has 0 unspecified atom stereocenters. The van der Waals surface area contributed by atoms with Crippen LogP contribution in [0.2, 0.25) is 5.02 Å². The molecular formula is C22H20ClN3O3. The second-order valence-electron chi connectivity index (χ2n) is 7.06. The molecule has 7 heteroatoms. The van der Waals surface area contributed by atoms with E-state index in [9.17, 15) is 4.79 Å². The summed E-state index contributed by atoms with van der Waals surface area (Å²) in [5, 5.41) is 9.59. The molecule has 0 aliphatic heterocycles. The fraction of sp³-hybridized carbons (Fsp3) is 0.227. The number of carboxylic acids is 1. The largest absolute Gasteiger partial charge is 0.481 e. The quantitative estimate of drug-likeness (QED) is 0.463. The molecule has 148 valence electrons. The molecule has 0 saturated carbocycles. The summed E-state index contributed by atoms with van der Waals surface area (Å²) in [5.41, 5.74) is 5.66. The van der Waals surface area contributed by atoms with Crippen molar-refractivity contribution in [2.45, 2.75) is 33.1 Å². The van der Waals surface area contributed by atoms with Gasteiger partial charge in [0.1, 0.15) is 17.8 Å². The van der Waals surface area contributed by atoms with Gasteiger partial charge in [0.2, 0.25) is 0 Å². The number of benzene rings is 2. The molecule has 1 N–H and O–H groups in total. The van der Waals surface area contributed by atoms with Gasteiger partial charge in [0.25, 0.3) is 0 Å². The third kappa shape index (κ3) is 3.89. The van der Waals surface area contributed by atoms with Crippen molar-refractivity contribution in [2.24, 2.45) is 0 Å². The van der Waals surface area contributed by atoms with E-state index in [0.717, 1.165) is 22.2 Å². The Balaban J connectivity index is 1.79. The van der Waals surface area contributed by atoms with E-state index in [-0.39, 0.29) is 6.42 Å². The summed E-state index contributed by atoms with van der Waals surface area (Å²) in [6.07, 6.45) is 2.71. The number of carbonyl (C=O) groups is 1. The topological polar surface area (TPSA) is 81.2 Å². The summed E-state index contributed by atoms with van der Waals surface area (Å²) < 4.78 is 7.91. The Kier molecular flexibility index (Phi) is 5.11. The Bertz CT molecular complexity index is 1190. The predicted molar refractivity (Wildman–Crippen MR) is 112 cm³/mol. The Labute approximate surface area is 172 Å². The second kappa shape index (κ2) is 7.72. The number of nitrogens with zero attached hydrogens (tertiary/aromatic N) is 3. The van der Waals surface area contributed by atoms with Crippen molar-refractivity contribution in [1.82, 2.24) is 14.5 Å². The highest BCUT2D eigenvalue weighted by molar-refractivity contribution is 6.30. The first kappa shape index (κ1) is 19.2. The van der Waals surface area contributed by atoms with E-state index in [1.54, 1.807) is 18.5 Å². The third-order valence-corrected chi connectivity index (χ3v) is 5.22. The molecule has 4 rings (SSSR count). The molecule has 2 aromatic heterocycles. The second-order valence-corrected chi connectivity index (χ2v) is 7.50. The highest BCUT2D eigenvalue weighted by Crippen LogP contribution is 2.30. The number of aliphatic carboxylic acids is 1. The molecule has 0 aliphatic rings. The fourth-order valence-electron chi connectivity index (χ4n) is 3.26. The fourth-order valence-corrected chi connectivity index (χ4v) is 3.39. The van der Waals surface area contributed by atoms with E-state index in [2.05, 4.69) is 24.9 Å². The van der Waals surface area contributed by atoms with Gasteiger partial charge in [-0.15, -0.1) is 0 Å². The maximum Gasteiger partial charge on any atom is 0.308 e. The molecule has 0 radical (unpaired) electrons. The van der Waals surface area contributed by atoms with Crippen LogP contribution in [0.3, 0.4) is 0 Å². The van der Waals surface area contributed by atoms with E-state index in [4.69, 9.17) is 26.1 Å². The van der Waals surface area contributed by atoms with Gasteiger partial charge in [-0.1, -0.05) is 23.7 Å². The van der Waals surface area contributed by atoms with Crippen LogP contribution in [-0.4, -0.2) is 25.6 Å². The molecule has 6 nitrogen and oxygen atoms in total. The zero-order valence-electron chi connectivity index (χ0n) is 16.1. The van der Waals surface area contributed by atoms with E-state index < -0.39 is 5.97 Å². The highest BCUT2D eigenvalue weighted by atomic mass is 35.5. The van der Waals surface area contributed by atoms with E-state index >= 15 is 0 Å². The summed E-state index contributed by atoms with van der Waals surface area (Å²) in [4.78, 5) is 20.1. The normalized spacial score (nSPS) is 11.3. The number of imidazole rings is 1. The lowest BCUT2D eigenvalue weighted by molar-refractivity contribution is -0.137. The van der Waals surface area contributed by atoms with Crippen molar-refractivity contribution >= 4 is 28.6 Å². The molecule has 29 heavy (non-hydrogen) atoms. The smallest absolute Gasteiger partial charge is 0.308 e. The van der Waals surface area contributed by atoms with E-state index in [1.165, 1.54) is 5.56 Å². The molecule has 2 heterocycles. The molecule has 2 aromatic carbocycles. The SMILES string of the molecule is Cc1cc2ncn(-c3nc(-c4ccc(Cl)cc4)c(CCCC(=O)O)o3)c2cc1C. The molecule has 0 bridgehead atoms. The highest BCUT2D eigenvalue weighted by Gasteiger charge is 2.18. The summed E-state index contributed by atoms with van der Waals surface area (Å²) in [6.45, 7) is 4.11. The van der Waals surface area contributed by atoms with Gasteiger partial charge in [-0.25, -0.2) is 4.98 Å². The lowest BCUT2D eigenvalue weighted by atomic mass is 10.1. The Hall–Kier alpha value is -3.12. The van der Waals surface area contributed by atoms with Crippen molar-refractivity contribution in [3.05, 3.63) is 64.6 Å². The molecule has 0 fully saturated rings. The lowest BCUT2D eigenvalue weighted by Gasteiger charge is -2.02. The van der Waals surface area contributed by atoms with Crippen molar-refractivity contribution in [3.63, 3.8) is 0 Å². The van der Waals surface area contributed by atoms with Gasteiger partial charge < -0.3 is 9.52 Å².